The molecule has 0 rings (SSSR count). The van der Waals surface area contributed by atoms with Gasteiger partial charge in [0, 0.05) is 19.4 Å². The zero-order valence-electron chi connectivity index (χ0n) is 6.74. The van der Waals surface area contributed by atoms with Crippen molar-refractivity contribution in [1.82, 2.24) is 0 Å². The summed E-state index contributed by atoms with van der Waals surface area (Å²) in [6.45, 7) is 3.56. The summed E-state index contributed by atoms with van der Waals surface area (Å²) in [5, 5.41) is 0. The van der Waals surface area contributed by atoms with E-state index >= 15 is 0 Å². The standard InChI is InChI=1S/C7H14NOP/c1-8-6-4-5-7-10(2,3)9/h4-6H,7H2,1-3H3/b5-4-,8-6-. The molecule has 0 bridgehead atoms. The van der Waals surface area contributed by atoms with Crippen molar-refractivity contribution in [3.05, 3.63) is 12.2 Å². The minimum Gasteiger partial charge on any atom is -0.324 e. The lowest BCUT2D eigenvalue weighted by molar-refractivity contribution is 0.584. The Kier molecular flexibility index (Phi) is 4.29. The number of rotatable bonds is 3. The smallest absolute Gasteiger partial charge is 0.0855 e. The van der Waals surface area contributed by atoms with Gasteiger partial charge in [-0.3, -0.25) is 4.99 Å². The summed E-state index contributed by atoms with van der Waals surface area (Å²) >= 11 is 0. The first kappa shape index (κ1) is 9.64. The Morgan fingerprint density at radius 1 is 1.50 bits per heavy atom. The summed E-state index contributed by atoms with van der Waals surface area (Å²) < 4.78 is 11.1. The molecule has 0 aliphatic heterocycles. The first-order valence-corrected chi connectivity index (χ1v) is 5.96. The highest BCUT2D eigenvalue weighted by molar-refractivity contribution is 7.62. The Labute approximate surface area is 62.4 Å². The second kappa shape index (κ2) is 4.45. The van der Waals surface area contributed by atoms with E-state index in [0.29, 0.717) is 6.16 Å². The molecule has 0 spiro atoms. The lowest BCUT2D eigenvalue weighted by Crippen LogP contribution is -1.79. The summed E-state index contributed by atoms with van der Waals surface area (Å²) in [7, 11) is -0.144. The second-order valence-electron chi connectivity index (χ2n) is 2.59. The topological polar surface area (TPSA) is 29.4 Å². The summed E-state index contributed by atoms with van der Waals surface area (Å²) in [5.74, 6) is 0. The van der Waals surface area contributed by atoms with Crippen LogP contribution in [0.4, 0.5) is 0 Å². The summed E-state index contributed by atoms with van der Waals surface area (Å²) in [4.78, 5) is 3.75. The van der Waals surface area contributed by atoms with Gasteiger partial charge in [-0.15, -0.1) is 0 Å². The van der Waals surface area contributed by atoms with Crippen molar-refractivity contribution in [1.29, 1.82) is 0 Å². The van der Waals surface area contributed by atoms with E-state index in [1.807, 2.05) is 12.2 Å². The number of hydrogen-bond donors (Lipinski definition) is 0. The van der Waals surface area contributed by atoms with Crippen molar-refractivity contribution in [2.45, 2.75) is 0 Å². The lowest BCUT2D eigenvalue weighted by atomic mass is 10.6. The molecule has 0 aromatic heterocycles. The van der Waals surface area contributed by atoms with E-state index < -0.39 is 7.14 Å². The number of aliphatic imine (C=N–C) groups is 1. The van der Waals surface area contributed by atoms with Crippen molar-refractivity contribution >= 4 is 13.4 Å². The fourth-order valence-electron chi connectivity index (χ4n) is 0.462. The maximum Gasteiger partial charge on any atom is 0.0855 e. The third kappa shape index (κ3) is 7.64. The molecule has 0 unspecified atom stereocenters. The molecule has 0 heterocycles. The van der Waals surface area contributed by atoms with E-state index in [9.17, 15) is 4.57 Å². The average Bonchev–Trinajstić information content (AvgIpc) is 1.78. The van der Waals surface area contributed by atoms with E-state index in [1.54, 1.807) is 26.6 Å². The van der Waals surface area contributed by atoms with Gasteiger partial charge in [0.2, 0.25) is 0 Å². The van der Waals surface area contributed by atoms with Crippen LogP contribution in [0.25, 0.3) is 0 Å². The van der Waals surface area contributed by atoms with Crippen LogP contribution in [0.2, 0.25) is 0 Å². The molecule has 10 heavy (non-hydrogen) atoms. The molecule has 0 saturated heterocycles. The highest BCUT2D eigenvalue weighted by atomic mass is 31.2. The number of hydrogen-bond acceptors (Lipinski definition) is 2. The number of allylic oxidation sites excluding steroid dienone is 2. The van der Waals surface area contributed by atoms with Crippen LogP contribution in [0, 0.1) is 0 Å². The number of nitrogens with zero attached hydrogens (tertiary/aromatic N) is 1. The molecule has 0 radical (unpaired) electrons. The van der Waals surface area contributed by atoms with Crippen LogP contribution in [0.5, 0.6) is 0 Å². The normalized spacial score (nSPS) is 13.5. The van der Waals surface area contributed by atoms with E-state index in [-0.39, 0.29) is 0 Å². The first-order chi connectivity index (χ1) is 4.56. The molecule has 0 N–H and O–H groups in total. The van der Waals surface area contributed by atoms with Gasteiger partial charge in [-0.2, -0.15) is 0 Å². The van der Waals surface area contributed by atoms with E-state index in [4.69, 9.17) is 0 Å². The Hall–Kier alpha value is -0.360. The van der Waals surface area contributed by atoms with Gasteiger partial charge < -0.3 is 4.57 Å². The van der Waals surface area contributed by atoms with Crippen molar-refractivity contribution in [3.8, 4) is 0 Å². The average molecular weight is 159 g/mol. The fourth-order valence-corrected chi connectivity index (χ4v) is 1.09. The van der Waals surface area contributed by atoms with Gasteiger partial charge in [0.15, 0.2) is 0 Å². The lowest BCUT2D eigenvalue weighted by Gasteiger charge is -1.98. The Morgan fingerprint density at radius 3 is 2.50 bits per heavy atom. The molecule has 0 aromatic carbocycles. The predicted molar refractivity (Wildman–Crippen MR) is 47.9 cm³/mol. The van der Waals surface area contributed by atoms with Crippen LogP contribution >= 0.6 is 7.14 Å². The first-order valence-electron chi connectivity index (χ1n) is 3.17. The third-order valence-corrected chi connectivity index (χ3v) is 2.01. The Balaban J connectivity index is 3.65. The zero-order chi connectivity index (χ0) is 8.04. The zero-order valence-corrected chi connectivity index (χ0v) is 7.64. The van der Waals surface area contributed by atoms with E-state index in [1.165, 1.54) is 0 Å². The SMILES string of the molecule is C/N=C\C=C/CP(C)(C)=O. The van der Waals surface area contributed by atoms with Crippen LogP contribution in [-0.4, -0.2) is 32.8 Å². The third-order valence-electron chi connectivity index (χ3n) is 0.916. The van der Waals surface area contributed by atoms with Gasteiger partial charge in [-0.05, 0) is 19.4 Å². The largest absolute Gasteiger partial charge is 0.324 e. The van der Waals surface area contributed by atoms with Gasteiger partial charge in [-0.25, -0.2) is 0 Å². The van der Waals surface area contributed by atoms with Crippen molar-refractivity contribution < 1.29 is 4.57 Å². The van der Waals surface area contributed by atoms with E-state index in [0.717, 1.165) is 0 Å². The Morgan fingerprint density at radius 2 is 2.10 bits per heavy atom. The molecule has 0 fully saturated rings. The molecule has 0 aliphatic carbocycles. The van der Waals surface area contributed by atoms with Gasteiger partial charge in [0.1, 0.15) is 0 Å². The summed E-state index contributed by atoms with van der Waals surface area (Å²) in [6, 6.07) is 0. The maximum absolute atomic E-state index is 11.1. The highest BCUT2D eigenvalue weighted by Crippen LogP contribution is 2.35. The molecule has 2 nitrogen and oxygen atoms in total. The molecule has 0 amide bonds. The molecular formula is C7H14NOP. The van der Waals surface area contributed by atoms with Gasteiger partial charge in [0.05, 0.1) is 7.14 Å². The summed E-state index contributed by atoms with van der Waals surface area (Å²) in [5.41, 5.74) is 0. The molecule has 0 aromatic rings. The Bertz CT molecular complexity index is 178. The van der Waals surface area contributed by atoms with Crippen LogP contribution in [0.3, 0.4) is 0 Å². The second-order valence-corrected chi connectivity index (χ2v) is 6.10. The predicted octanol–water partition coefficient (Wildman–Crippen LogP) is 1.87. The minimum absolute atomic E-state index is 0.666. The van der Waals surface area contributed by atoms with Crippen LogP contribution in [0.15, 0.2) is 17.1 Å². The molecule has 0 aliphatic rings. The van der Waals surface area contributed by atoms with Crippen LogP contribution in [-0.2, 0) is 4.57 Å². The van der Waals surface area contributed by atoms with Crippen molar-refractivity contribution in [3.63, 3.8) is 0 Å². The maximum atomic E-state index is 11.1. The van der Waals surface area contributed by atoms with Crippen molar-refractivity contribution in [2.75, 3.05) is 26.5 Å². The van der Waals surface area contributed by atoms with E-state index in [2.05, 4.69) is 4.99 Å². The van der Waals surface area contributed by atoms with Crippen LogP contribution < -0.4 is 0 Å². The molecule has 3 heteroatoms. The highest BCUT2D eigenvalue weighted by Gasteiger charge is 2.01. The minimum atomic E-state index is -1.85. The van der Waals surface area contributed by atoms with Gasteiger partial charge in [-0.1, -0.05) is 6.08 Å². The molecule has 0 saturated carbocycles. The monoisotopic (exact) mass is 159 g/mol. The summed E-state index contributed by atoms with van der Waals surface area (Å²) in [6.07, 6.45) is 6.06. The van der Waals surface area contributed by atoms with Gasteiger partial charge >= 0.3 is 0 Å². The van der Waals surface area contributed by atoms with Crippen molar-refractivity contribution in [2.24, 2.45) is 4.99 Å². The fraction of sp³-hybridized carbons (Fsp3) is 0.571. The van der Waals surface area contributed by atoms with Gasteiger partial charge in [0.25, 0.3) is 0 Å². The van der Waals surface area contributed by atoms with Crippen LogP contribution in [0.1, 0.15) is 0 Å². The molecular weight excluding hydrogens is 145 g/mol. The molecule has 0 atom stereocenters. The quantitative estimate of drug-likeness (QED) is 0.456. The molecule has 58 valence electrons.